The van der Waals surface area contributed by atoms with Crippen molar-refractivity contribution in [2.75, 3.05) is 6.54 Å². The van der Waals surface area contributed by atoms with E-state index in [4.69, 9.17) is 5.73 Å². The number of nitrogens with one attached hydrogen (secondary N) is 2. The first-order valence-electron chi connectivity index (χ1n) is 5.69. The second kappa shape index (κ2) is 6.36. The third-order valence-corrected chi connectivity index (χ3v) is 2.55. The summed E-state index contributed by atoms with van der Waals surface area (Å²) in [5.74, 6) is -0.551. The topological polar surface area (TPSA) is 104 Å². The molecule has 0 aromatic rings. The number of rotatable bonds is 0. The van der Waals surface area contributed by atoms with E-state index in [0.29, 0.717) is 13.0 Å². The molecule has 0 aromatic carbocycles. The van der Waals surface area contributed by atoms with Crippen LogP contribution in [0.15, 0.2) is 12.2 Å². The van der Waals surface area contributed by atoms with Crippen molar-refractivity contribution < 1.29 is 14.7 Å². The highest BCUT2D eigenvalue weighted by molar-refractivity contribution is 5.88. The van der Waals surface area contributed by atoms with Gasteiger partial charge in [-0.05, 0) is 19.8 Å². The van der Waals surface area contributed by atoms with Crippen LogP contribution in [0.5, 0.6) is 0 Å². The summed E-state index contributed by atoms with van der Waals surface area (Å²) in [4.78, 5) is 22.9. The molecule has 0 spiro atoms. The molecule has 17 heavy (non-hydrogen) atoms. The van der Waals surface area contributed by atoms with E-state index in [1.807, 2.05) is 0 Å². The molecule has 1 heterocycles. The first-order valence-corrected chi connectivity index (χ1v) is 5.69. The average Bonchev–Trinajstić information content (AvgIpc) is 2.25. The van der Waals surface area contributed by atoms with E-state index in [9.17, 15) is 14.7 Å². The van der Waals surface area contributed by atoms with Crippen molar-refractivity contribution >= 4 is 11.8 Å². The van der Waals surface area contributed by atoms with Gasteiger partial charge in [-0.15, -0.1) is 0 Å². The lowest BCUT2D eigenvalue weighted by molar-refractivity contribution is -0.123. The number of hydrogen-bond acceptors (Lipinski definition) is 4. The minimum absolute atomic E-state index is 0.193. The second-order valence-electron chi connectivity index (χ2n) is 4.23. The summed E-state index contributed by atoms with van der Waals surface area (Å²) in [7, 11) is 0. The van der Waals surface area contributed by atoms with E-state index in [2.05, 4.69) is 10.6 Å². The third kappa shape index (κ3) is 4.97. The number of hydrogen-bond donors (Lipinski definition) is 4. The molecule has 5 N–H and O–H groups in total. The molecule has 0 bridgehead atoms. The minimum Gasteiger partial charge on any atom is -0.393 e. The van der Waals surface area contributed by atoms with Gasteiger partial charge >= 0.3 is 0 Å². The van der Waals surface area contributed by atoms with Gasteiger partial charge in [0.05, 0.1) is 12.1 Å². The van der Waals surface area contributed by atoms with Crippen LogP contribution in [-0.4, -0.2) is 41.7 Å². The van der Waals surface area contributed by atoms with Gasteiger partial charge in [0, 0.05) is 18.7 Å². The minimum atomic E-state index is -0.726. The predicted octanol–water partition coefficient (Wildman–Crippen LogP) is -1.35. The van der Waals surface area contributed by atoms with E-state index in [0.717, 1.165) is 0 Å². The normalized spacial score (nSPS) is 33.9. The van der Waals surface area contributed by atoms with E-state index >= 15 is 0 Å². The number of aliphatic hydroxyl groups excluding tert-OH is 1. The summed E-state index contributed by atoms with van der Waals surface area (Å²) in [6.45, 7) is 2.11. The zero-order valence-corrected chi connectivity index (χ0v) is 9.85. The zero-order valence-electron chi connectivity index (χ0n) is 9.85. The number of carbonyl (C=O) groups is 2. The van der Waals surface area contributed by atoms with Gasteiger partial charge in [0.2, 0.25) is 11.8 Å². The third-order valence-electron chi connectivity index (χ3n) is 2.55. The summed E-state index contributed by atoms with van der Waals surface area (Å²) in [5, 5.41) is 14.9. The first kappa shape index (κ1) is 13.7. The molecule has 0 aliphatic carbocycles. The molecule has 3 atom stereocenters. The monoisotopic (exact) mass is 241 g/mol. The van der Waals surface area contributed by atoms with Crippen LogP contribution in [0.3, 0.4) is 0 Å². The van der Waals surface area contributed by atoms with E-state index in [-0.39, 0.29) is 24.3 Å². The lowest BCUT2D eigenvalue weighted by Crippen LogP contribution is -2.46. The maximum absolute atomic E-state index is 11.6. The van der Waals surface area contributed by atoms with Crippen LogP contribution in [0.25, 0.3) is 0 Å². The summed E-state index contributed by atoms with van der Waals surface area (Å²) in [6.07, 6.45) is 2.85. The molecule has 0 saturated heterocycles. The molecule has 0 radical (unpaired) electrons. The Bertz CT molecular complexity index is 317. The maximum atomic E-state index is 11.6. The Hall–Kier alpha value is -1.40. The Kier molecular flexibility index (Phi) is 5.11. The van der Waals surface area contributed by atoms with Gasteiger partial charge in [-0.1, -0.05) is 6.08 Å². The van der Waals surface area contributed by atoms with Crippen molar-refractivity contribution in [3.05, 3.63) is 12.2 Å². The average molecular weight is 241 g/mol. The Morgan fingerprint density at radius 2 is 2.18 bits per heavy atom. The van der Waals surface area contributed by atoms with Crippen molar-refractivity contribution in [1.82, 2.24) is 10.6 Å². The van der Waals surface area contributed by atoms with Gasteiger partial charge in [0.15, 0.2) is 0 Å². The molecule has 0 fully saturated rings. The van der Waals surface area contributed by atoms with Crippen molar-refractivity contribution in [2.45, 2.75) is 38.0 Å². The molecule has 0 aromatic heterocycles. The first-order chi connectivity index (χ1) is 7.99. The van der Waals surface area contributed by atoms with E-state index < -0.39 is 12.1 Å². The molecule has 2 amide bonds. The quantitative estimate of drug-likeness (QED) is 0.420. The van der Waals surface area contributed by atoms with Gasteiger partial charge < -0.3 is 21.5 Å². The maximum Gasteiger partial charge on any atom is 0.243 e. The van der Waals surface area contributed by atoms with Crippen LogP contribution >= 0.6 is 0 Å². The van der Waals surface area contributed by atoms with Crippen LogP contribution in [0, 0.1) is 0 Å². The molecule has 0 unspecified atom stereocenters. The van der Waals surface area contributed by atoms with Crippen molar-refractivity contribution in [3.8, 4) is 0 Å². The summed E-state index contributed by atoms with van der Waals surface area (Å²) >= 11 is 0. The van der Waals surface area contributed by atoms with E-state index in [1.54, 1.807) is 13.0 Å². The summed E-state index contributed by atoms with van der Waals surface area (Å²) in [5.41, 5.74) is 5.65. The lowest BCUT2D eigenvalue weighted by Gasteiger charge is -2.19. The number of amides is 2. The molecule has 6 heteroatoms. The van der Waals surface area contributed by atoms with Gasteiger partial charge in [0.25, 0.3) is 0 Å². The van der Waals surface area contributed by atoms with Gasteiger partial charge in [-0.25, -0.2) is 0 Å². The van der Waals surface area contributed by atoms with Gasteiger partial charge in [-0.2, -0.15) is 0 Å². The fraction of sp³-hybridized carbons (Fsp3) is 0.636. The number of nitrogens with two attached hydrogens (primary N) is 1. The standard InChI is InChI=1S/C11H19N3O3/c1-7-2-3-10(16)13-5-4-8(15)6-9(12)11(17)14-7/h2-3,7-9,15H,4-6,12H2,1H3,(H,13,16)(H,14,17)/b3-2-/t7-,8+,9-/m0/s1. The largest absolute Gasteiger partial charge is 0.393 e. The van der Waals surface area contributed by atoms with Crippen molar-refractivity contribution in [2.24, 2.45) is 5.73 Å². The van der Waals surface area contributed by atoms with Gasteiger partial charge in [-0.3, -0.25) is 9.59 Å². The molecule has 1 rings (SSSR count). The van der Waals surface area contributed by atoms with Crippen LogP contribution in [0.4, 0.5) is 0 Å². The molecular weight excluding hydrogens is 222 g/mol. The van der Waals surface area contributed by atoms with Crippen LogP contribution in [0.1, 0.15) is 19.8 Å². The molecule has 1 aliphatic rings. The van der Waals surface area contributed by atoms with Gasteiger partial charge in [0.1, 0.15) is 0 Å². The highest BCUT2D eigenvalue weighted by Crippen LogP contribution is 2.02. The van der Waals surface area contributed by atoms with Crippen molar-refractivity contribution in [3.63, 3.8) is 0 Å². The van der Waals surface area contributed by atoms with Crippen molar-refractivity contribution in [1.29, 1.82) is 0 Å². The Morgan fingerprint density at radius 3 is 2.88 bits per heavy atom. The Morgan fingerprint density at radius 1 is 1.47 bits per heavy atom. The number of aliphatic hydroxyl groups is 1. The van der Waals surface area contributed by atoms with Crippen LogP contribution in [0.2, 0.25) is 0 Å². The molecular formula is C11H19N3O3. The highest BCUT2D eigenvalue weighted by Gasteiger charge is 2.19. The highest BCUT2D eigenvalue weighted by atomic mass is 16.3. The zero-order chi connectivity index (χ0) is 12.8. The Balaban J connectivity index is 2.69. The van der Waals surface area contributed by atoms with Crippen LogP contribution < -0.4 is 16.4 Å². The second-order valence-corrected chi connectivity index (χ2v) is 4.23. The molecule has 96 valence electrons. The molecule has 0 saturated carbocycles. The smallest absolute Gasteiger partial charge is 0.243 e. The Labute approximate surface area is 100 Å². The number of carbonyl (C=O) groups excluding carboxylic acids is 2. The summed E-state index contributed by atoms with van der Waals surface area (Å²) in [6, 6.07) is -0.994. The predicted molar refractivity (Wildman–Crippen MR) is 63.0 cm³/mol. The summed E-state index contributed by atoms with van der Waals surface area (Å²) < 4.78 is 0. The molecule has 1 aliphatic heterocycles. The molecule has 6 nitrogen and oxygen atoms in total. The fourth-order valence-corrected chi connectivity index (χ4v) is 1.55. The lowest BCUT2D eigenvalue weighted by atomic mass is 10.1. The SMILES string of the molecule is C[C@H]1/C=C\C(=O)NCC[C@@H](O)C[C@H](N)C(=O)N1. The van der Waals surface area contributed by atoms with E-state index in [1.165, 1.54) is 6.08 Å². The van der Waals surface area contributed by atoms with Crippen LogP contribution in [-0.2, 0) is 9.59 Å². The fourth-order valence-electron chi connectivity index (χ4n) is 1.55.